The normalized spacial score (nSPS) is 11.2. The van der Waals surface area contributed by atoms with Crippen LogP contribution in [0.3, 0.4) is 0 Å². The lowest BCUT2D eigenvalue weighted by Crippen LogP contribution is -2.05. The molecule has 1 heterocycles. The average molecular weight is 263 g/mol. The molecule has 0 aliphatic heterocycles. The third-order valence-corrected chi connectivity index (χ3v) is 4.24. The minimum atomic E-state index is -3.58. The van der Waals surface area contributed by atoms with Crippen molar-refractivity contribution < 1.29 is 13.2 Å². The van der Waals surface area contributed by atoms with Gasteiger partial charge in [0.15, 0.2) is 5.03 Å². The van der Waals surface area contributed by atoms with Gasteiger partial charge in [-0.05, 0) is 19.1 Å². The number of aryl methyl sites for hydroxylation is 1. The van der Waals surface area contributed by atoms with Crippen LogP contribution in [-0.2, 0) is 9.84 Å². The molecule has 0 spiro atoms. The van der Waals surface area contributed by atoms with Crippen molar-refractivity contribution in [2.24, 2.45) is 0 Å². The van der Waals surface area contributed by atoms with Crippen molar-refractivity contribution in [2.45, 2.75) is 16.8 Å². The molecule has 0 unspecified atom stereocenters. The first-order valence-corrected chi connectivity index (χ1v) is 6.85. The number of nitrogens with zero attached hydrogens (tertiary/aromatic N) is 1. The summed E-state index contributed by atoms with van der Waals surface area (Å²) in [5, 5.41) is -0.00356. The van der Waals surface area contributed by atoms with Crippen LogP contribution in [0, 0.1) is 6.92 Å². The fourth-order valence-corrected chi connectivity index (χ4v) is 2.79. The van der Waals surface area contributed by atoms with Gasteiger partial charge in [-0.2, -0.15) is 0 Å². The molecule has 0 saturated carbocycles. The summed E-state index contributed by atoms with van der Waals surface area (Å²) in [6, 6.07) is 9.66. The van der Waals surface area contributed by atoms with E-state index in [9.17, 15) is 8.42 Å². The molecule has 4 nitrogen and oxygen atoms in total. The first-order valence-electron chi connectivity index (χ1n) is 5.36. The lowest BCUT2D eigenvalue weighted by molar-refractivity contribution is 0.409. The molecular formula is C13H13NO3S. The molecular weight excluding hydrogens is 250 g/mol. The van der Waals surface area contributed by atoms with Crippen molar-refractivity contribution in [3.05, 3.63) is 48.2 Å². The van der Waals surface area contributed by atoms with Crippen molar-refractivity contribution >= 4 is 9.84 Å². The van der Waals surface area contributed by atoms with Gasteiger partial charge < -0.3 is 4.74 Å². The summed E-state index contributed by atoms with van der Waals surface area (Å²) < 4.78 is 29.7. The molecule has 0 fully saturated rings. The maximum atomic E-state index is 12.3. The maximum absolute atomic E-state index is 12.3. The molecule has 94 valence electrons. The molecule has 1 aromatic heterocycles. The summed E-state index contributed by atoms with van der Waals surface area (Å²) in [6.45, 7) is 1.81. The number of benzene rings is 1. The van der Waals surface area contributed by atoms with Crippen LogP contribution in [0.25, 0.3) is 0 Å². The zero-order valence-electron chi connectivity index (χ0n) is 10.1. The Bertz CT molecular complexity index is 651. The standard InChI is InChI=1S/C13H13NO3S/c1-10-9-14-13(8-12(10)17-2)18(15,16)11-6-4-3-5-7-11/h3-9H,1-2H3. The molecule has 2 rings (SSSR count). The molecule has 5 heteroatoms. The highest BCUT2D eigenvalue weighted by molar-refractivity contribution is 7.91. The first kappa shape index (κ1) is 12.6. The van der Waals surface area contributed by atoms with Gasteiger partial charge in [-0.15, -0.1) is 0 Å². The first-order chi connectivity index (χ1) is 8.55. The van der Waals surface area contributed by atoms with Crippen LogP contribution in [-0.4, -0.2) is 20.5 Å². The van der Waals surface area contributed by atoms with Gasteiger partial charge in [-0.3, -0.25) is 0 Å². The molecule has 2 aromatic rings. The third-order valence-electron chi connectivity index (χ3n) is 2.58. The van der Waals surface area contributed by atoms with Gasteiger partial charge in [-0.1, -0.05) is 18.2 Å². The number of pyridine rings is 1. The number of hydrogen-bond acceptors (Lipinski definition) is 4. The number of ether oxygens (including phenoxy) is 1. The second-order valence-electron chi connectivity index (χ2n) is 3.81. The van der Waals surface area contributed by atoms with Gasteiger partial charge >= 0.3 is 0 Å². The predicted octanol–water partition coefficient (Wildman–Crippen LogP) is 2.23. The Kier molecular flexibility index (Phi) is 3.34. The van der Waals surface area contributed by atoms with Gasteiger partial charge in [0.25, 0.3) is 0 Å². The van der Waals surface area contributed by atoms with Crippen LogP contribution in [0.1, 0.15) is 5.56 Å². The van der Waals surface area contributed by atoms with Crippen LogP contribution in [0.15, 0.2) is 52.5 Å². The molecule has 0 N–H and O–H groups in total. The minimum absolute atomic E-state index is 0.00356. The van der Waals surface area contributed by atoms with E-state index >= 15 is 0 Å². The number of hydrogen-bond donors (Lipinski definition) is 0. The Labute approximate surface area is 106 Å². The van der Waals surface area contributed by atoms with Crippen LogP contribution >= 0.6 is 0 Å². The van der Waals surface area contributed by atoms with Crippen LogP contribution in [0.2, 0.25) is 0 Å². The maximum Gasteiger partial charge on any atom is 0.223 e. The molecule has 0 aliphatic rings. The largest absolute Gasteiger partial charge is 0.496 e. The van der Waals surface area contributed by atoms with Crippen LogP contribution < -0.4 is 4.74 Å². The van der Waals surface area contributed by atoms with Crippen molar-refractivity contribution in [2.75, 3.05) is 7.11 Å². The van der Waals surface area contributed by atoms with E-state index in [0.29, 0.717) is 5.75 Å². The van der Waals surface area contributed by atoms with Gasteiger partial charge in [-0.25, -0.2) is 13.4 Å². The summed E-state index contributed by atoms with van der Waals surface area (Å²) in [5.74, 6) is 0.513. The number of sulfone groups is 1. The topological polar surface area (TPSA) is 56.3 Å². The van der Waals surface area contributed by atoms with Crippen molar-refractivity contribution in [3.63, 3.8) is 0 Å². The van der Waals surface area contributed by atoms with Gasteiger partial charge in [0.2, 0.25) is 9.84 Å². The second kappa shape index (κ2) is 4.78. The Hall–Kier alpha value is -1.88. The van der Waals surface area contributed by atoms with Crippen LogP contribution in [0.4, 0.5) is 0 Å². The van der Waals surface area contributed by atoms with Crippen molar-refractivity contribution in [1.82, 2.24) is 4.98 Å². The Morgan fingerprint density at radius 3 is 2.44 bits per heavy atom. The summed E-state index contributed by atoms with van der Waals surface area (Å²) in [6.07, 6.45) is 1.49. The van der Waals surface area contributed by atoms with E-state index in [1.54, 1.807) is 30.3 Å². The summed E-state index contributed by atoms with van der Waals surface area (Å²) in [7, 11) is -2.08. The monoisotopic (exact) mass is 263 g/mol. The molecule has 0 bridgehead atoms. The average Bonchev–Trinajstić information content (AvgIpc) is 2.40. The lowest BCUT2D eigenvalue weighted by Gasteiger charge is -2.07. The summed E-state index contributed by atoms with van der Waals surface area (Å²) >= 11 is 0. The van der Waals surface area contributed by atoms with E-state index in [4.69, 9.17) is 4.74 Å². The molecule has 18 heavy (non-hydrogen) atoms. The van der Waals surface area contributed by atoms with E-state index in [0.717, 1.165) is 5.56 Å². The quantitative estimate of drug-likeness (QED) is 0.852. The minimum Gasteiger partial charge on any atom is -0.496 e. The zero-order chi connectivity index (χ0) is 13.2. The summed E-state index contributed by atoms with van der Waals surface area (Å²) in [5.41, 5.74) is 0.796. The van der Waals surface area contributed by atoms with Gasteiger partial charge in [0.05, 0.1) is 12.0 Å². The highest BCUT2D eigenvalue weighted by atomic mass is 32.2. The predicted molar refractivity (Wildman–Crippen MR) is 67.4 cm³/mol. The van der Waals surface area contributed by atoms with E-state index in [2.05, 4.69) is 4.98 Å². The van der Waals surface area contributed by atoms with Crippen molar-refractivity contribution in [1.29, 1.82) is 0 Å². The highest BCUT2D eigenvalue weighted by Gasteiger charge is 2.19. The summed E-state index contributed by atoms with van der Waals surface area (Å²) in [4.78, 5) is 4.19. The smallest absolute Gasteiger partial charge is 0.223 e. The Balaban J connectivity index is 2.55. The third kappa shape index (κ3) is 2.22. The molecule has 0 atom stereocenters. The zero-order valence-corrected chi connectivity index (χ0v) is 10.9. The number of rotatable bonds is 3. The molecule has 0 aliphatic carbocycles. The number of aromatic nitrogens is 1. The van der Waals surface area contributed by atoms with E-state index in [1.165, 1.54) is 19.4 Å². The molecule has 0 amide bonds. The van der Waals surface area contributed by atoms with Gasteiger partial charge in [0, 0.05) is 17.8 Å². The lowest BCUT2D eigenvalue weighted by atomic mass is 10.3. The van der Waals surface area contributed by atoms with Crippen LogP contribution in [0.5, 0.6) is 5.75 Å². The van der Waals surface area contributed by atoms with E-state index in [1.807, 2.05) is 6.92 Å². The molecule has 0 radical (unpaired) electrons. The van der Waals surface area contributed by atoms with E-state index in [-0.39, 0.29) is 9.92 Å². The second-order valence-corrected chi connectivity index (χ2v) is 5.71. The molecule has 0 saturated heterocycles. The Morgan fingerprint density at radius 2 is 1.83 bits per heavy atom. The SMILES string of the molecule is COc1cc(S(=O)(=O)c2ccccc2)ncc1C. The highest BCUT2D eigenvalue weighted by Crippen LogP contribution is 2.24. The Morgan fingerprint density at radius 1 is 1.17 bits per heavy atom. The fourth-order valence-electron chi connectivity index (χ4n) is 1.57. The van der Waals surface area contributed by atoms with Gasteiger partial charge in [0.1, 0.15) is 5.75 Å². The number of methoxy groups -OCH3 is 1. The van der Waals surface area contributed by atoms with Crippen molar-refractivity contribution in [3.8, 4) is 5.75 Å². The fraction of sp³-hybridized carbons (Fsp3) is 0.154. The van der Waals surface area contributed by atoms with E-state index < -0.39 is 9.84 Å². The molecule has 1 aromatic carbocycles.